The third-order valence-electron chi connectivity index (χ3n) is 6.66. The monoisotopic (exact) mass is 431 g/mol. The van der Waals surface area contributed by atoms with Crippen LogP contribution in [0.3, 0.4) is 0 Å². The number of carbonyl (C=O) groups excluding carboxylic acids is 1. The van der Waals surface area contributed by atoms with Gasteiger partial charge in [0.1, 0.15) is 5.82 Å². The van der Waals surface area contributed by atoms with Crippen molar-refractivity contribution in [3.8, 4) is 0 Å². The molecular formula is C24H25N5OS. The van der Waals surface area contributed by atoms with Crippen molar-refractivity contribution < 1.29 is 4.79 Å². The fraction of sp³-hybridized carbons (Fsp3) is 0.375. The van der Waals surface area contributed by atoms with Crippen LogP contribution in [0.25, 0.3) is 21.3 Å². The van der Waals surface area contributed by atoms with Gasteiger partial charge in [-0.05, 0) is 49.9 Å². The lowest BCUT2D eigenvalue weighted by Crippen LogP contribution is -2.42. The highest BCUT2D eigenvalue weighted by atomic mass is 32.1. The number of hydrogen-bond donors (Lipinski definition) is 1. The Morgan fingerprint density at radius 1 is 0.935 bits per heavy atom. The van der Waals surface area contributed by atoms with Crippen molar-refractivity contribution in [1.29, 1.82) is 0 Å². The Morgan fingerprint density at radius 2 is 1.71 bits per heavy atom. The highest BCUT2D eigenvalue weighted by Crippen LogP contribution is 2.36. The standard InChI is InChI=1S/C24H25N5OS/c30-23(29-13-5-9-20(29)22-25-17-6-1-2-7-18(17)26-22)16-11-14-28(15-12-16)24-27-19-8-3-4-10-21(19)31-24/h1-4,6-8,10,16,20H,5,9,11-15H2,(H,25,26). The van der Waals surface area contributed by atoms with E-state index in [1.54, 1.807) is 11.3 Å². The molecule has 0 bridgehead atoms. The number of benzene rings is 2. The molecule has 7 heteroatoms. The molecule has 2 fully saturated rings. The number of thiazole rings is 1. The van der Waals surface area contributed by atoms with Gasteiger partial charge in [0.2, 0.25) is 5.91 Å². The highest BCUT2D eigenvalue weighted by Gasteiger charge is 2.37. The number of fused-ring (bicyclic) bond motifs is 2. The Bertz CT molecular complexity index is 1170. The number of likely N-dealkylation sites (tertiary alicyclic amines) is 1. The Labute approximate surface area is 184 Å². The van der Waals surface area contributed by atoms with Crippen molar-refractivity contribution >= 4 is 43.6 Å². The van der Waals surface area contributed by atoms with Crippen LogP contribution in [-0.4, -0.2) is 45.4 Å². The number of para-hydroxylation sites is 3. The number of anilines is 1. The van der Waals surface area contributed by atoms with Crippen LogP contribution in [0.4, 0.5) is 5.13 Å². The van der Waals surface area contributed by atoms with Gasteiger partial charge in [0, 0.05) is 25.6 Å². The summed E-state index contributed by atoms with van der Waals surface area (Å²) in [6.45, 7) is 2.61. The van der Waals surface area contributed by atoms with Crippen molar-refractivity contribution in [3.63, 3.8) is 0 Å². The van der Waals surface area contributed by atoms with Crippen LogP contribution in [0, 0.1) is 5.92 Å². The normalized spacial score (nSPS) is 20.2. The average molecular weight is 432 g/mol. The van der Waals surface area contributed by atoms with E-state index in [-0.39, 0.29) is 12.0 Å². The van der Waals surface area contributed by atoms with Crippen LogP contribution in [0.5, 0.6) is 0 Å². The molecule has 6 nitrogen and oxygen atoms in total. The first kappa shape index (κ1) is 18.8. The molecule has 0 spiro atoms. The van der Waals surface area contributed by atoms with Crippen molar-refractivity contribution in [3.05, 3.63) is 54.4 Å². The number of aromatic amines is 1. The van der Waals surface area contributed by atoms with Crippen molar-refractivity contribution in [2.45, 2.75) is 31.7 Å². The van der Waals surface area contributed by atoms with E-state index in [0.29, 0.717) is 5.91 Å². The van der Waals surface area contributed by atoms with Crippen LogP contribution in [-0.2, 0) is 4.79 Å². The molecule has 0 aliphatic carbocycles. The zero-order valence-electron chi connectivity index (χ0n) is 17.3. The third-order valence-corrected chi connectivity index (χ3v) is 7.75. The maximum Gasteiger partial charge on any atom is 0.226 e. The van der Waals surface area contributed by atoms with E-state index in [9.17, 15) is 4.79 Å². The second-order valence-electron chi connectivity index (χ2n) is 8.55. The fourth-order valence-corrected chi connectivity index (χ4v) is 6.01. The van der Waals surface area contributed by atoms with Crippen LogP contribution in [0.15, 0.2) is 48.5 Å². The predicted octanol–water partition coefficient (Wildman–Crippen LogP) is 4.75. The van der Waals surface area contributed by atoms with E-state index in [4.69, 9.17) is 9.97 Å². The molecule has 158 valence electrons. The van der Waals surface area contributed by atoms with Gasteiger partial charge in [-0.25, -0.2) is 9.97 Å². The summed E-state index contributed by atoms with van der Waals surface area (Å²) in [6, 6.07) is 16.4. The Morgan fingerprint density at radius 3 is 2.52 bits per heavy atom. The summed E-state index contributed by atoms with van der Waals surface area (Å²) in [4.78, 5) is 30.9. The molecule has 1 atom stereocenters. The molecule has 0 radical (unpaired) electrons. The minimum Gasteiger partial charge on any atom is -0.348 e. The van der Waals surface area contributed by atoms with Gasteiger partial charge in [-0.15, -0.1) is 0 Å². The highest BCUT2D eigenvalue weighted by molar-refractivity contribution is 7.22. The van der Waals surface area contributed by atoms with Crippen LogP contribution in [0.1, 0.15) is 37.5 Å². The zero-order chi connectivity index (χ0) is 20.8. The molecule has 2 aliphatic rings. The minimum absolute atomic E-state index is 0.0715. The molecular weight excluding hydrogens is 406 g/mol. The number of nitrogens with zero attached hydrogens (tertiary/aromatic N) is 4. The third kappa shape index (κ3) is 3.37. The van der Waals surface area contributed by atoms with Crippen LogP contribution < -0.4 is 4.90 Å². The second-order valence-corrected chi connectivity index (χ2v) is 9.56. The Kier molecular flexibility index (Phi) is 4.64. The molecule has 2 saturated heterocycles. The van der Waals surface area contributed by atoms with Crippen molar-refractivity contribution in [1.82, 2.24) is 19.9 Å². The summed E-state index contributed by atoms with van der Waals surface area (Å²) in [6.07, 6.45) is 3.80. The van der Waals surface area contributed by atoms with Crippen LogP contribution >= 0.6 is 11.3 Å². The quantitative estimate of drug-likeness (QED) is 0.508. The molecule has 2 aromatic carbocycles. The second kappa shape index (κ2) is 7.64. The van der Waals surface area contributed by atoms with E-state index in [0.717, 1.165) is 72.8 Å². The molecule has 1 N–H and O–H groups in total. The predicted molar refractivity (Wildman–Crippen MR) is 124 cm³/mol. The van der Waals surface area contributed by atoms with E-state index in [1.165, 1.54) is 4.70 Å². The number of amides is 1. The van der Waals surface area contributed by atoms with Gasteiger partial charge in [-0.3, -0.25) is 4.79 Å². The number of hydrogen-bond acceptors (Lipinski definition) is 5. The van der Waals surface area contributed by atoms with E-state index in [1.807, 2.05) is 30.3 Å². The van der Waals surface area contributed by atoms with Gasteiger partial charge < -0.3 is 14.8 Å². The summed E-state index contributed by atoms with van der Waals surface area (Å²) < 4.78 is 1.22. The summed E-state index contributed by atoms with van der Waals surface area (Å²) in [7, 11) is 0. The number of imidazole rings is 1. The molecule has 2 aromatic heterocycles. The number of H-pyrrole nitrogens is 1. The molecule has 1 unspecified atom stereocenters. The number of rotatable bonds is 3. The number of piperidine rings is 1. The molecule has 0 saturated carbocycles. The maximum absolute atomic E-state index is 13.4. The maximum atomic E-state index is 13.4. The fourth-order valence-electron chi connectivity index (χ4n) is 4.99. The minimum atomic E-state index is 0.0715. The molecule has 6 rings (SSSR count). The number of aromatic nitrogens is 3. The molecule has 4 heterocycles. The molecule has 31 heavy (non-hydrogen) atoms. The van der Waals surface area contributed by atoms with Gasteiger partial charge in [-0.1, -0.05) is 35.6 Å². The smallest absolute Gasteiger partial charge is 0.226 e. The first-order valence-corrected chi connectivity index (χ1v) is 11.9. The number of nitrogens with one attached hydrogen (secondary N) is 1. The lowest BCUT2D eigenvalue weighted by atomic mass is 9.95. The molecule has 1 amide bonds. The van der Waals surface area contributed by atoms with Gasteiger partial charge in [0.15, 0.2) is 5.13 Å². The average Bonchev–Trinajstić information content (AvgIpc) is 3.55. The molecule has 2 aliphatic heterocycles. The lowest BCUT2D eigenvalue weighted by molar-refractivity contribution is -0.137. The summed E-state index contributed by atoms with van der Waals surface area (Å²) in [5, 5.41) is 1.08. The van der Waals surface area contributed by atoms with Crippen LogP contribution in [0.2, 0.25) is 0 Å². The Balaban J connectivity index is 1.15. The SMILES string of the molecule is O=C(C1CCN(c2nc3ccccc3s2)CC1)N1CCCC1c1nc2ccccc2[nH]1. The zero-order valence-corrected chi connectivity index (χ0v) is 18.1. The number of carbonyl (C=O) groups is 1. The topological polar surface area (TPSA) is 65.1 Å². The largest absolute Gasteiger partial charge is 0.348 e. The van der Waals surface area contributed by atoms with E-state index < -0.39 is 0 Å². The summed E-state index contributed by atoms with van der Waals surface area (Å²) in [5.74, 6) is 1.32. The first-order valence-electron chi connectivity index (χ1n) is 11.1. The summed E-state index contributed by atoms with van der Waals surface area (Å²) >= 11 is 1.75. The van der Waals surface area contributed by atoms with Gasteiger partial charge >= 0.3 is 0 Å². The van der Waals surface area contributed by atoms with Gasteiger partial charge in [-0.2, -0.15) is 0 Å². The van der Waals surface area contributed by atoms with Crippen molar-refractivity contribution in [2.75, 3.05) is 24.5 Å². The summed E-state index contributed by atoms with van der Waals surface area (Å²) in [5.41, 5.74) is 3.08. The van der Waals surface area contributed by atoms with Gasteiger partial charge in [0.25, 0.3) is 0 Å². The van der Waals surface area contributed by atoms with E-state index >= 15 is 0 Å². The lowest BCUT2D eigenvalue weighted by Gasteiger charge is -2.34. The van der Waals surface area contributed by atoms with Gasteiger partial charge in [0.05, 0.1) is 27.3 Å². The first-order chi connectivity index (χ1) is 15.3. The van der Waals surface area contributed by atoms with E-state index in [2.05, 4.69) is 33.0 Å². The van der Waals surface area contributed by atoms with Crippen molar-refractivity contribution in [2.24, 2.45) is 5.92 Å². The Hall–Kier alpha value is -2.93. The molecule has 4 aromatic rings.